The number of alkyl halides is 2. The molecule has 0 aromatic carbocycles. The Labute approximate surface area is 104 Å². The zero-order valence-electron chi connectivity index (χ0n) is 11.1. The van der Waals surface area contributed by atoms with Crippen LogP contribution < -0.4 is 0 Å². The molecule has 3 heteroatoms. The first-order valence-electron chi connectivity index (χ1n) is 7.00. The molecule has 100 valence electrons. The summed E-state index contributed by atoms with van der Waals surface area (Å²) < 4.78 is 24.5. The minimum Gasteiger partial charge on any atom is -0.298 e. The normalized spacial score (nSPS) is 25.8. The largest absolute Gasteiger partial charge is 0.298 e. The first-order valence-corrected chi connectivity index (χ1v) is 7.00. The second-order valence-corrected chi connectivity index (χ2v) is 6.60. The molecule has 1 aliphatic heterocycles. The minimum atomic E-state index is -2.17. The maximum atomic E-state index is 12.3. The molecule has 1 aliphatic carbocycles. The Morgan fingerprint density at radius 2 is 1.76 bits per heavy atom. The van der Waals surface area contributed by atoms with Crippen molar-refractivity contribution in [2.24, 2.45) is 17.3 Å². The van der Waals surface area contributed by atoms with E-state index in [1.165, 1.54) is 19.3 Å². The molecule has 1 saturated heterocycles. The molecule has 0 aromatic heterocycles. The summed E-state index contributed by atoms with van der Waals surface area (Å²) in [6.07, 6.45) is 4.19. The van der Waals surface area contributed by atoms with Crippen LogP contribution in [0.1, 0.15) is 46.0 Å². The van der Waals surface area contributed by atoms with Crippen LogP contribution in [0.4, 0.5) is 8.78 Å². The Morgan fingerprint density at radius 3 is 2.24 bits per heavy atom. The van der Waals surface area contributed by atoms with Crippen molar-refractivity contribution in [2.75, 3.05) is 19.6 Å². The summed E-state index contributed by atoms with van der Waals surface area (Å²) in [5.74, 6) is 1.72. The number of nitrogens with zero attached hydrogens (tertiary/aromatic N) is 1. The van der Waals surface area contributed by atoms with Crippen molar-refractivity contribution >= 4 is 0 Å². The number of rotatable bonds is 4. The highest BCUT2D eigenvalue weighted by molar-refractivity contribution is 4.97. The van der Waals surface area contributed by atoms with Gasteiger partial charge in [0.05, 0.1) is 6.54 Å². The molecule has 1 saturated carbocycles. The third-order valence-electron chi connectivity index (χ3n) is 4.56. The van der Waals surface area contributed by atoms with Crippen LogP contribution in [-0.4, -0.2) is 31.0 Å². The van der Waals surface area contributed by atoms with Crippen LogP contribution in [0.3, 0.4) is 0 Å². The minimum absolute atomic E-state index is 0.0223. The molecule has 0 aromatic rings. The highest BCUT2D eigenvalue weighted by Gasteiger charge is 2.45. The molecule has 0 unspecified atom stereocenters. The molecule has 0 radical (unpaired) electrons. The zero-order chi connectivity index (χ0) is 12.5. The Morgan fingerprint density at radius 1 is 1.18 bits per heavy atom. The number of hydrogen-bond acceptors (Lipinski definition) is 1. The fourth-order valence-corrected chi connectivity index (χ4v) is 3.81. The van der Waals surface area contributed by atoms with Crippen molar-refractivity contribution in [3.63, 3.8) is 0 Å². The van der Waals surface area contributed by atoms with Gasteiger partial charge in [-0.2, -0.15) is 0 Å². The van der Waals surface area contributed by atoms with Crippen molar-refractivity contribution in [1.82, 2.24) is 4.90 Å². The first kappa shape index (κ1) is 13.3. The molecule has 1 heterocycles. The van der Waals surface area contributed by atoms with Crippen LogP contribution in [0.2, 0.25) is 0 Å². The average molecular weight is 245 g/mol. The monoisotopic (exact) mass is 245 g/mol. The third kappa shape index (κ3) is 3.40. The lowest BCUT2D eigenvalue weighted by atomic mass is 9.56. The molecule has 0 bridgehead atoms. The number of halogens is 2. The van der Waals surface area contributed by atoms with E-state index in [1.807, 2.05) is 4.90 Å². The molecule has 17 heavy (non-hydrogen) atoms. The van der Waals surface area contributed by atoms with E-state index < -0.39 is 6.43 Å². The summed E-state index contributed by atoms with van der Waals surface area (Å²) in [6, 6.07) is 0. The fraction of sp³-hybridized carbons (Fsp3) is 1.00. The van der Waals surface area contributed by atoms with Crippen LogP contribution in [0.25, 0.3) is 0 Å². The van der Waals surface area contributed by atoms with Gasteiger partial charge in [0, 0.05) is 0 Å². The Hall–Kier alpha value is -0.180. The maximum Gasteiger partial charge on any atom is 0.251 e. The highest BCUT2D eigenvalue weighted by Crippen LogP contribution is 2.54. The van der Waals surface area contributed by atoms with Crippen molar-refractivity contribution in [3.8, 4) is 0 Å². The summed E-state index contributed by atoms with van der Waals surface area (Å²) >= 11 is 0. The van der Waals surface area contributed by atoms with Gasteiger partial charge in [-0.3, -0.25) is 4.90 Å². The van der Waals surface area contributed by atoms with E-state index in [0.29, 0.717) is 5.41 Å². The van der Waals surface area contributed by atoms with Gasteiger partial charge in [-0.15, -0.1) is 0 Å². The molecule has 1 nitrogen and oxygen atoms in total. The molecule has 2 fully saturated rings. The molecular formula is C14H25F2N. The van der Waals surface area contributed by atoms with E-state index in [4.69, 9.17) is 0 Å². The summed E-state index contributed by atoms with van der Waals surface area (Å²) in [5.41, 5.74) is 0.540. The van der Waals surface area contributed by atoms with Crippen molar-refractivity contribution in [1.29, 1.82) is 0 Å². The Kier molecular flexibility index (Phi) is 4.06. The summed E-state index contributed by atoms with van der Waals surface area (Å²) in [6.45, 7) is 6.33. The van der Waals surface area contributed by atoms with Gasteiger partial charge in [0.25, 0.3) is 6.43 Å². The lowest BCUT2D eigenvalue weighted by Gasteiger charge is -2.53. The van der Waals surface area contributed by atoms with Crippen LogP contribution in [0, 0.1) is 17.3 Å². The molecule has 2 rings (SSSR count). The number of likely N-dealkylation sites (tertiary alicyclic amines) is 1. The van der Waals surface area contributed by atoms with Crippen LogP contribution in [0.15, 0.2) is 0 Å². The lowest BCUT2D eigenvalue weighted by Crippen LogP contribution is -2.48. The highest BCUT2D eigenvalue weighted by atomic mass is 19.3. The van der Waals surface area contributed by atoms with Crippen molar-refractivity contribution in [3.05, 3.63) is 0 Å². The van der Waals surface area contributed by atoms with Crippen LogP contribution in [-0.2, 0) is 0 Å². The second-order valence-electron chi connectivity index (χ2n) is 6.60. The Bertz CT molecular complexity index is 237. The summed E-state index contributed by atoms with van der Waals surface area (Å²) in [7, 11) is 0. The SMILES string of the molecule is CC(C)CC1CC2(CCN(CC(F)F)CC2)C1. The summed E-state index contributed by atoms with van der Waals surface area (Å²) in [5, 5.41) is 0. The third-order valence-corrected chi connectivity index (χ3v) is 4.56. The average Bonchev–Trinajstić information content (AvgIpc) is 2.17. The van der Waals surface area contributed by atoms with Gasteiger partial charge in [-0.1, -0.05) is 13.8 Å². The maximum absolute atomic E-state index is 12.3. The van der Waals surface area contributed by atoms with E-state index >= 15 is 0 Å². The van der Waals surface area contributed by atoms with Crippen LogP contribution >= 0.6 is 0 Å². The van der Waals surface area contributed by atoms with Gasteiger partial charge in [0.15, 0.2) is 0 Å². The standard InChI is InChI=1S/C14H25F2N/c1-11(2)7-12-8-14(9-12)3-5-17(6-4-14)10-13(15)16/h11-13H,3-10H2,1-2H3. The van der Waals surface area contributed by atoms with Gasteiger partial charge in [-0.25, -0.2) is 8.78 Å². The second kappa shape index (κ2) is 5.21. The smallest absolute Gasteiger partial charge is 0.251 e. The fourth-order valence-electron chi connectivity index (χ4n) is 3.81. The lowest BCUT2D eigenvalue weighted by molar-refractivity contribution is -0.0323. The molecule has 1 spiro atoms. The first-order chi connectivity index (χ1) is 7.99. The predicted octanol–water partition coefficient (Wildman–Crippen LogP) is 3.79. The van der Waals surface area contributed by atoms with Crippen molar-refractivity contribution in [2.45, 2.75) is 52.4 Å². The van der Waals surface area contributed by atoms with E-state index in [1.54, 1.807) is 0 Å². The van der Waals surface area contributed by atoms with Gasteiger partial charge >= 0.3 is 0 Å². The zero-order valence-corrected chi connectivity index (χ0v) is 11.1. The molecule has 2 aliphatic rings. The number of hydrogen-bond donors (Lipinski definition) is 0. The van der Waals surface area contributed by atoms with E-state index in [2.05, 4.69) is 13.8 Å². The molecular weight excluding hydrogens is 220 g/mol. The van der Waals surface area contributed by atoms with Gasteiger partial charge < -0.3 is 0 Å². The van der Waals surface area contributed by atoms with Gasteiger partial charge in [-0.05, 0) is 62.4 Å². The van der Waals surface area contributed by atoms with Gasteiger partial charge in [0.1, 0.15) is 0 Å². The topological polar surface area (TPSA) is 3.24 Å². The van der Waals surface area contributed by atoms with Crippen LogP contribution in [0.5, 0.6) is 0 Å². The van der Waals surface area contributed by atoms with Gasteiger partial charge in [0.2, 0.25) is 0 Å². The summed E-state index contributed by atoms with van der Waals surface area (Å²) in [4.78, 5) is 1.94. The van der Waals surface area contributed by atoms with E-state index in [9.17, 15) is 8.78 Å². The number of piperidine rings is 1. The van der Waals surface area contributed by atoms with Crippen molar-refractivity contribution < 1.29 is 8.78 Å². The Balaban J connectivity index is 1.70. The molecule has 0 amide bonds. The quantitative estimate of drug-likeness (QED) is 0.728. The molecule has 0 N–H and O–H groups in total. The predicted molar refractivity (Wildman–Crippen MR) is 66.3 cm³/mol. The van der Waals surface area contributed by atoms with E-state index in [-0.39, 0.29) is 6.54 Å². The van der Waals surface area contributed by atoms with E-state index in [0.717, 1.165) is 37.8 Å². The molecule has 0 atom stereocenters.